The van der Waals surface area contributed by atoms with Crippen LogP contribution in [0.15, 0.2) is 36.4 Å². The molecule has 0 radical (unpaired) electrons. The summed E-state index contributed by atoms with van der Waals surface area (Å²) in [4.78, 5) is 24.3. The Kier molecular flexibility index (Phi) is 5.86. The number of methoxy groups -OCH3 is 1. The molecule has 0 fully saturated rings. The van der Waals surface area contributed by atoms with E-state index in [1.165, 1.54) is 12.7 Å². The van der Waals surface area contributed by atoms with Crippen LogP contribution in [0.1, 0.15) is 72.3 Å². The summed E-state index contributed by atoms with van der Waals surface area (Å²) >= 11 is 3.61. The third-order valence-corrected chi connectivity index (χ3v) is 6.52. The van der Waals surface area contributed by atoms with Gasteiger partial charge in [0.05, 0.1) is 12.7 Å². The number of hydrogen-bond acceptors (Lipinski definition) is 3. The molecule has 0 aromatic heterocycles. The molecule has 2 aromatic rings. The van der Waals surface area contributed by atoms with Gasteiger partial charge in [0.25, 0.3) is 0 Å². The maximum atomic E-state index is 12.7. The molecule has 0 aliphatic heterocycles. The van der Waals surface area contributed by atoms with Crippen LogP contribution in [0.5, 0.6) is 0 Å². The standard InChI is InChI=1S/C25H27BrO3/c1-24(2)14-22(27)25(3,4)21-13-19(15-26)18(12-20(21)24)11-8-16-6-9-17(10-7-16)23(28)29-5/h6-13H,14-15H2,1-5H3/b11-8+. The van der Waals surface area contributed by atoms with Crippen LogP contribution in [0.4, 0.5) is 0 Å². The Bertz CT molecular complexity index is 982. The highest BCUT2D eigenvalue weighted by atomic mass is 79.9. The van der Waals surface area contributed by atoms with Gasteiger partial charge in [-0.05, 0) is 59.2 Å². The number of rotatable bonds is 4. The fourth-order valence-corrected chi connectivity index (χ4v) is 4.40. The summed E-state index contributed by atoms with van der Waals surface area (Å²) in [6.07, 6.45) is 4.70. The van der Waals surface area contributed by atoms with Gasteiger partial charge in [0.15, 0.2) is 0 Å². The fraction of sp³-hybridized carbons (Fsp3) is 0.360. The van der Waals surface area contributed by atoms with E-state index in [2.05, 4.69) is 48.0 Å². The Morgan fingerprint density at radius 2 is 1.72 bits per heavy atom. The van der Waals surface area contributed by atoms with Crippen molar-refractivity contribution >= 4 is 39.8 Å². The lowest BCUT2D eigenvalue weighted by Crippen LogP contribution is -2.42. The van der Waals surface area contributed by atoms with Crippen LogP contribution in [0.25, 0.3) is 12.2 Å². The first-order chi connectivity index (χ1) is 13.6. The fourth-order valence-electron chi connectivity index (χ4n) is 3.91. The molecule has 0 N–H and O–H groups in total. The van der Waals surface area contributed by atoms with E-state index in [4.69, 9.17) is 4.74 Å². The SMILES string of the molecule is COC(=O)c1ccc(/C=C/c2cc3c(cc2CBr)C(C)(C)C(=O)CC3(C)C)cc1. The van der Waals surface area contributed by atoms with Gasteiger partial charge in [0, 0.05) is 17.2 Å². The van der Waals surface area contributed by atoms with Crippen molar-refractivity contribution in [2.45, 2.75) is 50.3 Å². The number of carbonyl (C=O) groups excluding carboxylic acids is 2. The molecule has 0 saturated carbocycles. The van der Waals surface area contributed by atoms with E-state index < -0.39 is 5.41 Å². The highest BCUT2D eigenvalue weighted by molar-refractivity contribution is 9.08. The monoisotopic (exact) mass is 454 g/mol. The van der Waals surface area contributed by atoms with Gasteiger partial charge in [-0.15, -0.1) is 0 Å². The van der Waals surface area contributed by atoms with Gasteiger partial charge in [-0.25, -0.2) is 4.79 Å². The average molecular weight is 455 g/mol. The number of alkyl halides is 1. The lowest BCUT2D eigenvalue weighted by Gasteiger charge is -2.41. The summed E-state index contributed by atoms with van der Waals surface area (Å²) in [5.41, 5.74) is 5.56. The summed E-state index contributed by atoms with van der Waals surface area (Å²) in [6, 6.07) is 11.8. The van der Waals surface area contributed by atoms with E-state index in [1.54, 1.807) is 12.1 Å². The summed E-state index contributed by atoms with van der Waals surface area (Å²) in [7, 11) is 1.38. The quantitative estimate of drug-likeness (QED) is 0.320. The first kappa shape index (κ1) is 21.5. The molecule has 0 amide bonds. The van der Waals surface area contributed by atoms with Crippen LogP contribution in [-0.4, -0.2) is 18.9 Å². The maximum Gasteiger partial charge on any atom is 0.337 e. The molecule has 4 heteroatoms. The lowest BCUT2D eigenvalue weighted by atomic mass is 9.62. The third-order valence-electron chi connectivity index (χ3n) is 5.91. The smallest absolute Gasteiger partial charge is 0.337 e. The van der Waals surface area contributed by atoms with E-state index in [0.29, 0.717) is 23.1 Å². The predicted molar refractivity (Wildman–Crippen MR) is 121 cm³/mol. The average Bonchev–Trinajstić information content (AvgIpc) is 2.70. The van der Waals surface area contributed by atoms with Crippen LogP contribution < -0.4 is 0 Å². The van der Waals surface area contributed by atoms with Crippen molar-refractivity contribution in [3.8, 4) is 0 Å². The Morgan fingerprint density at radius 3 is 2.31 bits per heavy atom. The highest BCUT2D eigenvalue weighted by Crippen LogP contribution is 2.45. The number of halogens is 1. The number of ketones is 1. The van der Waals surface area contributed by atoms with Crippen LogP contribution in [-0.2, 0) is 25.7 Å². The van der Waals surface area contributed by atoms with Gasteiger partial charge >= 0.3 is 5.97 Å². The van der Waals surface area contributed by atoms with E-state index in [0.717, 1.165) is 22.3 Å². The summed E-state index contributed by atoms with van der Waals surface area (Å²) in [6.45, 7) is 8.34. The van der Waals surface area contributed by atoms with Crippen LogP contribution >= 0.6 is 15.9 Å². The van der Waals surface area contributed by atoms with E-state index >= 15 is 0 Å². The van der Waals surface area contributed by atoms with Crippen LogP contribution in [0.2, 0.25) is 0 Å². The molecule has 0 unspecified atom stereocenters. The van der Waals surface area contributed by atoms with Crippen molar-refractivity contribution in [1.82, 2.24) is 0 Å². The number of Topliss-reactive ketones (excluding diaryl/α,β-unsaturated/α-hetero) is 1. The molecule has 0 atom stereocenters. The molecule has 1 aliphatic rings. The normalized spacial score (nSPS) is 17.2. The minimum atomic E-state index is -0.465. The number of hydrogen-bond donors (Lipinski definition) is 0. The second kappa shape index (κ2) is 7.91. The van der Waals surface area contributed by atoms with Crippen molar-refractivity contribution in [2.75, 3.05) is 7.11 Å². The van der Waals surface area contributed by atoms with Crippen molar-refractivity contribution < 1.29 is 14.3 Å². The Labute approximate surface area is 181 Å². The van der Waals surface area contributed by atoms with Gasteiger partial charge in [-0.2, -0.15) is 0 Å². The zero-order valence-electron chi connectivity index (χ0n) is 17.6. The molecule has 0 bridgehead atoms. The number of carbonyl (C=O) groups is 2. The second-order valence-electron chi connectivity index (χ2n) is 8.79. The molecular weight excluding hydrogens is 428 g/mol. The van der Waals surface area contributed by atoms with Crippen molar-refractivity contribution in [3.05, 3.63) is 69.8 Å². The number of benzene rings is 2. The van der Waals surface area contributed by atoms with Crippen molar-refractivity contribution in [1.29, 1.82) is 0 Å². The molecule has 0 spiro atoms. The molecule has 152 valence electrons. The van der Waals surface area contributed by atoms with E-state index in [-0.39, 0.29) is 11.4 Å². The molecular formula is C25H27BrO3. The second-order valence-corrected chi connectivity index (χ2v) is 9.35. The third kappa shape index (κ3) is 4.09. The molecule has 0 heterocycles. The zero-order chi connectivity index (χ0) is 21.4. The minimum Gasteiger partial charge on any atom is -0.465 e. The Balaban J connectivity index is 2.01. The largest absolute Gasteiger partial charge is 0.465 e. The number of fused-ring (bicyclic) bond motifs is 1. The van der Waals surface area contributed by atoms with Gasteiger partial charge in [0.2, 0.25) is 0 Å². The molecule has 3 nitrogen and oxygen atoms in total. The summed E-state index contributed by atoms with van der Waals surface area (Å²) < 4.78 is 4.75. The number of esters is 1. The van der Waals surface area contributed by atoms with Crippen LogP contribution in [0.3, 0.4) is 0 Å². The zero-order valence-corrected chi connectivity index (χ0v) is 19.2. The maximum absolute atomic E-state index is 12.7. The summed E-state index contributed by atoms with van der Waals surface area (Å²) in [5, 5.41) is 0.714. The topological polar surface area (TPSA) is 43.4 Å². The molecule has 3 rings (SSSR count). The Morgan fingerprint density at radius 1 is 1.07 bits per heavy atom. The molecule has 29 heavy (non-hydrogen) atoms. The first-order valence-electron chi connectivity index (χ1n) is 9.74. The molecule has 1 aliphatic carbocycles. The van der Waals surface area contributed by atoms with Gasteiger partial charge < -0.3 is 4.74 Å². The van der Waals surface area contributed by atoms with Gasteiger partial charge in [0.1, 0.15) is 5.78 Å². The predicted octanol–water partition coefficient (Wildman–Crippen LogP) is 6.07. The summed E-state index contributed by atoms with van der Waals surface area (Å²) in [5.74, 6) is -0.0410. The van der Waals surface area contributed by atoms with E-state index in [9.17, 15) is 9.59 Å². The molecule has 0 saturated heterocycles. The van der Waals surface area contributed by atoms with Crippen molar-refractivity contribution in [2.24, 2.45) is 0 Å². The van der Waals surface area contributed by atoms with E-state index in [1.807, 2.05) is 32.1 Å². The van der Waals surface area contributed by atoms with Crippen LogP contribution in [0, 0.1) is 0 Å². The minimum absolute atomic E-state index is 0.183. The van der Waals surface area contributed by atoms with Gasteiger partial charge in [-0.3, -0.25) is 4.79 Å². The highest BCUT2D eigenvalue weighted by Gasteiger charge is 2.43. The lowest BCUT2D eigenvalue weighted by molar-refractivity contribution is -0.125. The molecule has 2 aromatic carbocycles. The Hall–Kier alpha value is -2.20. The first-order valence-corrected chi connectivity index (χ1v) is 10.9. The van der Waals surface area contributed by atoms with Crippen molar-refractivity contribution in [3.63, 3.8) is 0 Å². The van der Waals surface area contributed by atoms with Gasteiger partial charge in [-0.1, -0.05) is 66.2 Å². The number of ether oxygens (including phenoxy) is 1.